The highest BCUT2D eigenvalue weighted by molar-refractivity contribution is 9.10. The standard InChI is InChI=1S/C20H13BrClNO3S/c1-2-9-23-19(24)18(27-20(23)25)11-14-10-15(21)7-8-17(14)26-12-13-5-3-4-6-16(13)22/h1,3-8,10-11H,9,12H2. The van der Waals surface area contributed by atoms with Gasteiger partial charge in [-0.3, -0.25) is 14.5 Å². The monoisotopic (exact) mass is 461 g/mol. The first-order valence-corrected chi connectivity index (χ1v) is 9.83. The summed E-state index contributed by atoms with van der Waals surface area (Å²) in [7, 11) is 0. The second kappa shape index (κ2) is 8.66. The Balaban J connectivity index is 1.87. The largest absolute Gasteiger partial charge is 0.488 e. The molecule has 0 aromatic heterocycles. The third kappa shape index (κ3) is 4.56. The summed E-state index contributed by atoms with van der Waals surface area (Å²) in [5.74, 6) is 2.49. The molecule has 2 aromatic carbocycles. The third-order valence-corrected chi connectivity index (χ3v) is 5.49. The van der Waals surface area contributed by atoms with Crippen molar-refractivity contribution in [3.63, 3.8) is 0 Å². The quantitative estimate of drug-likeness (QED) is 0.444. The minimum atomic E-state index is -0.403. The number of amides is 2. The van der Waals surface area contributed by atoms with E-state index in [0.717, 1.165) is 26.7 Å². The van der Waals surface area contributed by atoms with Gasteiger partial charge in [0, 0.05) is 20.6 Å². The maximum absolute atomic E-state index is 12.4. The zero-order valence-corrected chi connectivity index (χ0v) is 17.1. The first-order valence-electron chi connectivity index (χ1n) is 7.84. The van der Waals surface area contributed by atoms with Crippen molar-refractivity contribution in [1.82, 2.24) is 4.90 Å². The van der Waals surface area contributed by atoms with Crippen LogP contribution in [0.25, 0.3) is 6.08 Å². The number of carbonyl (C=O) groups excluding carboxylic acids is 2. The Kier molecular flexibility index (Phi) is 6.27. The summed E-state index contributed by atoms with van der Waals surface area (Å²) >= 11 is 10.4. The molecule has 2 amide bonds. The van der Waals surface area contributed by atoms with Crippen LogP contribution in [0.2, 0.25) is 5.02 Å². The highest BCUT2D eigenvalue weighted by Gasteiger charge is 2.34. The molecule has 7 heteroatoms. The van der Waals surface area contributed by atoms with Crippen molar-refractivity contribution in [3.05, 3.63) is 68.0 Å². The Hall–Kier alpha value is -2.20. The zero-order chi connectivity index (χ0) is 19.4. The van der Waals surface area contributed by atoms with Crippen LogP contribution in [-0.2, 0) is 11.4 Å². The number of benzene rings is 2. The molecular formula is C20H13BrClNO3S. The molecule has 1 saturated heterocycles. The molecule has 1 fully saturated rings. The first kappa shape index (κ1) is 19.6. The lowest BCUT2D eigenvalue weighted by molar-refractivity contribution is -0.122. The molecule has 0 N–H and O–H groups in total. The van der Waals surface area contributed by atoms with Gasteiger partial charge in [-0.2, -0.15) is 0 Å². The second-order valence-corrected chi connectivity index (χ2v) is 7.85. The van der Waals surface area contributed by atoms with Gasteiger partial charge in [-0.1, -0.05) is 51.7 Å². The lowest BCUT2D eigenvalue weighted by atomic mass is 10.1. The normalized spacial score (nSPS) is 15.3. The van der Waals surface area contributed by atoms with E-state index in [9.17, 15) is 9.59 Å². The topological polar surface area (TPSA) is 46.6 Å². The number of carbonyl (C=O) groups is 2. The number of imide groups is 1. The summed E-state index contributed by atoms with van der Waals surface area (Å²) in [5, 5.41) is 0.240. The highest BCUT2D eigenvalue weighted by atomic mass is 79.9. The molecule has 0 aliphatic carbocycles. The maximum atomic E-state index is 12.4. The molecule has 0 unspecified atom stereocenters. The van der Waals surface area contributed by atoms with Crippen LogP contribution in [0.4, 0.5) is 4.79 Å². The lowest BCUT2D eigenvalue weighted by Crippen LogP contribution is -2.28. The number of hydrogen-bond donors (Lipinski definition) is 0. The van der Waals surface area contributed by atoms with Gasteiger partial charge in [-0.05, 0) is 42.1 Å². The number of ether oxygens (including phenoxy) is 1. The number of halogens is 2. The van der Waals surface area contributed by atoms with E-state index >= 15 is 0 Å². The van der Waals surface area contributed by atoms with Crippen LogP contribution in [0.5, 0.6) is 5.75 Å². The molecule has 3 rings (SSSR count). The van der Waals surface area contributed by atoms with Gasteiger partial charge in [0.2, 0.25) is 0 Å². The summed E-state index contributed by atoms with van der Waals surface area (Å²) in [6.07, 6.45) is 6.85. The average molecular weight is 463 g/mol. The van der Waals surface area contributed by atoms with Crippen LogP contribution in [0, 0.1) is 12.3 Å². The van der Waals surface area contributed by atoms with Gasteiger partial charge in [0.15, 0.2) is 0 Å². The Bertz CT molecular complexity index is 983. The van der Waals surface area contributed by atoms with E-state index in [0.29, 0.717) is 21.2 Å². The summed E-state index contributed by atoms with van der Waals surface area (Å²) in [5.41, 5.74) is 1.52. The van der Waals surface area contributed by atoms with Crippen LogP contribution in [0.1, 0.15) is 11.1 Å². The zero-order valence-electron chi connectivity index (χ0n) is 13.9. The van der Waals surface area contributed by atoms with E-state index in [1.165, 1.54) is 0 Å². The summed E-state index contributed by atoms with van der Waals surface area (Å²) in [6.45, 7) is 0.233. The van der Waals surface area contributed by atoms with Gasteiger partial charge in [0.05, 0.1) is 11.4 Å². The first-order chi connectivity index (χ1) is 13.0. The Morgan fingerprint density at radius 2 is 2.04 bits per heavy atom. The molecule has 0 spiro atoms. The fourth-order valence-corrected chi connectivity index (χ4v) is 3.80. The Morgan fingerprint density at radius 3 is 2.78 bits per heavy atom. The molecule has 0 radical (unpaired) electrons. The molecule has 1 aliphatic heterocycles. The van der Waals surface area contributed by atoms with Gasteiger partial charge in [-0.25, -0.2) is 0 Å². The predicted molar refractivity (Wildman–Crippen MR) is 111 cm³/mol. The lowest BCUT2D eigenvalue weighted by Gasteiger charge is -2.11. The molecular weight excluding hydrogens is 450 g/mol. The molecule has 0 saturated carbocycles. The van der Waals surface area contributed by atoms with Crippen molar-refractivity contribution in [3.8, 4) is 18.1 Å². The van der Waals surface area contributed by atoms with Crippen LogP contribution >= 0.6 is 39.3 Å². The molecule has 4 nitrogen and oxygen atoms in total. The molecule has 27 heavy (non-hydrogen) atoms. The van der Waals surface area contributed by atoms with Crippen LogP contribution in [-0.4, -0.2) is 22.6 Å². The smallest absolute Gasteiger partial charge is 0.294 e. The minimum Gasteiger partial charge on any atom is -0.488 e. The van der Waals surface area contributed by atoms with Crippen LogP contribution < -0.4 is 4.74 Å². The van der Waals surface area contributed by atoms with Gasteiger partial charge in [0.25, 0.3) is 11.1 Å². The van der Waals surface area contributed by atoms with E-state index in [1.54, 1.807) is 18.2 Å². The number of thioether (sulfide) groups is 1. The van der Waals surface area contributed by atoms with Crippen molar-refractivity contribution >= 4 is 56.5 Å². The van der Waals surface area contributed by atoms with E-state index < -0.39 is 5.91 Å². The Labute approximate surface area is 174 Å². The number of hydrogen-bond acceptors (Lipinski definition) is 4. The summed E-state index contributed by atoms with van der Waals surface area (Å²) < 4.78 is 6.73. The van der Waals surface area contributed by atoms with Crippen molar-refractivity contribution in [1.29, 1.82) is 0 Å². The molecule has 136 valence electrons. The minimum absolute atomic E-state index is 0.0453. The molecule has 1 aliphatic rings. The van der Waals surface area contributed by atoms with Crippen LogP contribution in [0.3, 0.4) is 0 Å². The molecule has 0 bridgehead atoms. The van der Waals surface area contributed by atoms with Gasteiger partial charge in [-0.15, -0.1) is 6.42 Å². The van der Waals surface area contributed by atoms with Gasteiger partial charge >= 0.3 is 0 Å². The number of rotatable bonds is 5. The summed E-state index contributed by atoms with van der Waals surface area (Å²) in [6, 6.07) is 12.9. The maximum Gasteiger partial charge on any atom is 0.294 e. The van der Waals surface area contributed by atoms with Gasteiger partial charge < -0.3 is 4.74 Å². The fourth-order valence-electron chi connectivity index (χ4n) is 2.40. The second-order valence-electron chi connectivity index (χ2n) is 5.53. The fraction of sp³-hybridized carbons (Fsp3) is 0.100. The third-order valence-electron chi connectivity index (χ3n) is 3.72. The summed E-state index contributed by atoms with van der Waals surface area (Å²) in [4.78, 5) is 25.7. The van der Waals surface area contributed by atoms with Crippen LogP contribution in [0.15, 0.2) is 51.8 Å². The van der Waals surface area contributed by atoms with E-state index in [2.05, 4.69) is 21.9 Å². The van der Waals surface area contributed by atoms with Gasteiger partial charge in [0.1, 0.15) is 12.4 Å². The van der Waals surface area contributed by atoms with Crippen molar-refractivity contribution in [2.45, 2.75) is 6.61 Å². The molecule has 1 heterocycles. The predicted octanol–water partition coefficient (Wildman–Crippen LogP) is 5.35. The van der Waals surface area contributed by atoms with Crippen molar-refractivity contribution in [2.75, 3.05) is 6.54 Å². The molecule has 0 atom stereocenters. The molecule has 2 aromatic rings. The highest BCUT2D eigenvalue weighted by Crippen LogP contribution is 2.35. The van der Waals surface area contributed by atoms with E-state index in [-0.39, 0.29) is 18.4 Å². The Morgan fingerprint density at radius 1 is 1.26 bits per heavy atom. The number of nitrogens with zero attached hydrogens (tertiary/aromatic N) is 1. The van der Waals surface area contributed by atoms with Crippen molar-refractivity contribution < 1.29 is 14.3 Å². The number of terminal acetylenes is 1. The van der Waals surface area contributed by atoms with E-state index in [4.69, 9.17) is 22.8 Å². The van der Waals surface area contributed by atoms with Crippen molar-refractivity contribution in [2.24, 2.45) is 0 Å². The van der Waals surface area contributed by atoms with E-state index in [1.807, 2.05) is 30.3 Å². The average Bonchev–Trinajstić information content (AvgIpc) is 2.90. The SMILES string of the molecule is C#CCN1C(=O)SC(=Cc2cc(Br)ccc2OCc2ccccc2Cl)C1=O.